The molecule has 2 aliphatic carbocycles. The van der Waals surface area contributed by atoms with Crippen LogP contribution in [0.2, 0.25) is 5.02 Å². The van der Waals surface area contributed by atoms with E-state index in [1.807, 2.05) is 0 Å². The summed E-state index contributed by atoms with van der Waals surface area (Å²) >= 11 is 6.07. The number of carbonyl (C=O) groups excluding carboxylic acids is 1. The lowest BCUT2D eigenvalue weighted by molar-refractivity contribution is -0.137. The summed E-state index contributed by atoms with van der Waals surface area (Å²) < 4.78 is 40.9. The Labute approximate surface area is 221 Å². The van der Waals surface area contributed by atoms with E-state index < -0.39 is 17.6 Å². The maximum absolute atomic E-state index is 14.0. The first kappa shape index (κ1) is 25.3. The van der Waals surface area contributed by atoms with Gasteiger partial charge in [-0.1, -0.05) is 18.5 Å². The van der Waals surface area contributed by atoms with E-state index in [1.54, 1.807) is 10.8 Å². The van der Waals surface area contributed by atoms with Crippen molar-refractivity contribution in [3.63, 3.8) is 0 Å². The molecule has 1 aromatic carbocycles. The van der Waals surface area contributed by atoms with Gasteiger partial charge in [-0.3, -0.25) is 9.59 Å². The molecule has 2 N–H and O–H groups in total. The van der Waals surface area contributed by atoms with E-state index in [4.69, 9.17) is 16.6 Å². The molecule has 1 aliphatic heterocycles. The maximum atomic E-state index is 14.0. The number of nitrogens with one attached hydrogen (secondary N) is 2. The fourth-order valence-corrected chi connectivity index (χ4v) is 6.49. The van der Waals surface area contributed by atoms with Gasteiger partial charge in [0.1, 0.15) is 6.54 Å². The summed E-state index contributed by atoms with van der Waals surface area (Å²) in [5.74, 6) is -0.150. The Balaban J connectivity index is 1.43. The molecule has 1 saturated heterocycles. The second-order valence-corrected chi connectivity index (χ2v) is 11.2. The minimum absolute atomic E-state index is 0.0209. The number of hydrogen-bond donors (Lipinski definition) is 2. The van der Waals surface area contributed by atoms with Gasteiger partial charge in [-0.05, 0) is 69.3 Å². The van der Waals surface area contributed by atoms with Crippen molar-refractivity contribution >= 4 is 34.4 Å². The molecule has 1 amide bonds. The number of carbonyl (C=O) groups is 1. The number of rotatable bonds is 4. The first-order valence-corrected chi connectivity index (χ1v) is 13.3. The zero-order valence-electron chi connectivity index (χ0n) is 20.8. The van der Waals surface area contributed by atoms with Crippen molar-refractivity contribution in [2.24, 2.45) is 0 Å². The molecule has 6 rings (SSSR count). The third kappa shape index (κ3) is 4.27. The van der Waals surface area contributed by atoms with Gasteiger partial charge in [0.05, 0.1) is 28.2 Å². The molecule has 1 atom stereocenters. The van der Waals surface area contributed by atoms with Crippen molar-refractivity contribution in [1.82, 2.24) is 19.9 Å². The van der Waals surface area contributed by atoms with Crippen LogP contribution in [0, 0.1) is 0 Å². The average Bonchev–Trinajstić information content (AvgIpc) is 3.68. The molecule has 3 aliphatic rings. The normalized spacial score (nSPS) is 20.6. The van der Waals surface area contributed by atoms with Crippen molar-refractivity contribution in [1.29, 1.82) is 0 Å². The van der Waals surface area contributed by atoms with E-state index in [1.165, 1.54) is 0 Å². The van der Waals surface area contributed by atoms with Gasteiger partial charge >= 0.3 is 6.18 Å². The number of halogens is 4. The Bertz CT molecular complexity index is 1510. The highest BCUT2D eigenvalue weighted by molar-refractivity contribution is 6.33. The summed E-state index contributed by atoms with van der Waals surface area (Å²) in [5.41, 5.74) is 1.77. The van der Waals surface area contributed by atoms with E-state index in [2.05, 4.69) is 22.5 Å². The van der Waals surface area contributed by atoms with Crippen LogP contribution >= 0.6 is 11.6 Å². The number of alkyl halides is 3. The fourth-order valence-electron chi connectivity index (χ4n) is 6.26. The van der Waals surface area contributed by atoms with Crippen LogP contribution < -0.4 is 16.1 Å². The molecule has 2 aromatic heterocycles. The van der Waals surface area contributed by atoms with Crippen molar-refractivity contribution in [3.05, 3.63) is 62.2 Å². The first-order chi connectivity index (χ1) is 18.1. The monoisotopic (exact) mass is 545 g/mol. The molecule has 0 radical (unpaired) electrons. The van der Waals surface area contributed by atoms with Crippen LogP contribution in [-0.4, -0.2) is 33.5 Å². The van der Waals surface area contributed by atoms with Gasteiger partial charge in [0.15, 0.2) is 11.2 Å². The lowest BCUT2D eigenvalue weighted by Gasteiger charge is -2.34. The Kier molecular flexibility index (Phi) is 6.03. The minimum atomic E-state index is -4.54. The molecule has 0 bridgehead atoms. The number of hydrogen-bond acceptors (Lipinski definition) is 5. The van der Waals surface area contributed by atoms with Gasteiger partial charge in [0.25, 0.3) is 0 Å². The van der Waals surface area contributed by atoms with Crippen LogP contribution in [0.15, 0.2) is 29.2 Å². The van der Waals surface area contributed by atoms with Crippen LogP contribution in [-0.2, 0) is 22.9 Å². The molecule has 1 spiro atoms. The highest BCUT2D eigenvalue weighted by Gasteiger charge is 2.47. The summed E-state index contributed by atoms with van der Waals surface area (Å²) in [4.78, 5) is 36.6. The van der Waals surface area contributed by atoms with Crippen LogP contribution in [0.5, 0.6) is 0 Å². The third-order valence-electron chi connectivity index (χ3n) is 8.14. The lowest BCUT2D eigenvalue weighted by atomic mass is 9.74. The van der Waals surface area contributed by atoms with Gasteiger partial charge in [-0.25, -0.2) is 9.97 Å². The Morgan fingerprint density at radius 3 is 2.66 bits per heavy atom. The number of piperidine rings is 1. The summed E-state index contributed by atoms with van der Waals surface area (Å²) in [6.45, 7) is 3.51. The van der Waals surface area contributed by atoms with Crippen molar-refractivity contribution in [2.45, 2.75) is 69.0 Å². The van der Waals surface area contributed by atoms with E-state index in [0.717, 1.165) is 80.3 Å². The van der Waals surface area contributed by atoms with Gasteiger partial charge in [-0.15, -0.1) is 0 Å². The highest BCUT2D eigenvalue weighted by atomic mass is 35.5. The Morgan fingerprint density at radius 1 is 1.26 bits per heavy atom. The summed E-state index contributed by atoms with van der Waals surface area (Å²) in [6, 6.07) is 2.81. The number of anilines is 1. The molecule has 11 heteroatoms. The SMILES string of the molecule is CC1CC2(CCNCC2)c2c1n(CC(=O)Nc1ccc(C(F)(F)F)cc1Cl)c1ncc(C3CC3)nc1c2=O. The number of aromatic nitrogens is 3. The molecule has 3 aromatic rings. The van der Waals surface area contributed by atoms with Crippen molar-refractivity contribution in [2.75, 3.05) is 18.4 Å². The molecule has 3 heterocycles. The topological polar surface area (TPSA) is 88.9 Å². The summed E-state index contributed by atoms with van der Waals surface area (Å²) in [7, 11) is 0. The number of benzene rings is 1. The maximum Gasteiger partial charge on any atom is 0.416 e. The Morgan fingerprint density at radius 2 is 2.00 bits per heavy atom. The quantitative estimate of drug-likeness (QED) is 0.476. The third-order valence-corrected chi connectivity index (χ3v) is 8.45. The standard InChI is InChI=1S/C27H27ClF3N5O2/c1-14-11-26(6-8-32-9-7-26)21-23(14)36(25-22(24(21)38)35-19(12-33-25)15-2-3-15)13-20(37)34-18-5-4-16(10-17(18)28)27(29,30)31/h4-5,10,12,14-15,32H,2-3,6-9,11,13H2,1H3,(H,34,37). The highest BCUT2D eigenvalue weighted by Crippen LogP contribution is 2.50. The number of amides is 1. The summed E-state index contributed by atoms with van der Waals surface area (Å²) in [6.07, 6.45) is 1.64. The Hall–Kier alpha value is -2.98. The molecular formula is C27H27ClF3N5O2. The second kappa shape index (κ2) is 9.05. The average molecular weight is 546 g/mol. The molecular weight excluding hydrogens is 519 g/mol. The van der Waals surface area contributed by atoms with Gasteiger partial charge in [0, 0.05) is 22.6 Å². The minimum Gasteiger partial charge on any atom is -0.323 e. The van der Waals surface area contributed by atoms with E-state index in [0.29, 0.717) is 11.6 Å². The molecule has 200 valence electrons. The predicted molar refractivity (Wildman–Crippen MR) is 138 cm³/mol. The van der Waals surface area contributed by atoms with E-state index >= 15 is 0 Å². The molecule has 38 heavy (non-hydrogen) atoms. The smallest absolute Gasteiger partial charge is 0.323 e. The largest absolute Gasteiger partial charge is 0.416 e. The predicted octanol–water partition coefficient (Wildman–Crippen LogP) is 5.11. The van der Waals surface area contributed by atoms with Crippen LogP contribution in [0.3, 0.4) is 0 Å². The van der Waals surface area contributed by atoms with E-state index in [-0.39, 0.29) is 39.5 Å². The van der Waals surface area contributed by atoms with Gasteiger partial charge < -0.3 is 15.2 Å². The molecule has 1 saturated carbocycles. The van der Waals surface area contributed by atoms with Gasteiger partial charge in [-0.2, -0.15) is 13.2 Å². The number of nitrogens with zero attached hydrogens (tertiary/aromatic N) is 3. The molecule has 1 unspecified atom stereocenters. The van der Waals surface area contributed by atoms with Crippen molar-refractivity contribution in [3.8, 4) is 0 Å². The number of pyridine rings is 1. The van der Waals surface area contributed by atoms with E-state index in [9.17, 15) is 22.8 Å². The molecule has 2 fully saturated rings. The summed E-state index contributed by atoms with van der Waals surface area (Å²) in [5, 5.41) is 5.81. The lowest BCUT2D eigenvalue weighted by Crippen LogP contribution is -2.41. The first-order valence-electron chi connectivity index (χ1n) is 12.9. The fraction of sp³-hybridized carbons (Fsp3) is 0.481. The van der Waals surface area contributed by atoms with Crippen LogP contribution in [0.25, 0.3) is 11.2 Å². The van der Waals surface area contributed by atoms with Gasteiger partial charge in [0.2, 0.25) is 11.3 Å². The van der Waals surface area contributed by atoms with Crippen molar-refractivity contribution < 1.29 is 18.0 Å². The van der Waals surface area contributed by atoms with Crippen LogP contribution in [0.4, 0.5) is 18.9 Å². The second-order valence-electron chi connectivity index (χ2n) is 10.8. The molecule has 7 nitrogen and oxygen atoms in total. The zero-order valence-corrected chi connectivity index (χ0v) is 21.5. The van der Waals surface area contributed by atoms with Crippen LogP contribution in [0.1, 0.15) is 73.4 Å². The number of fused-ring (bicyclic) bond motifs is 3. The zero-order chi connectivity index (χ0) is 26.8.